The number of carbonyl (C=O) groups excluding carboxylic acids is 2. The van der Waals surface area contributed by atoms with E-state index in [1.54, 1.807) is 12.1 Å². The maximum absolute atomic E-state index is 12.1. The van der Waals surface area contributed by atoms with E-state index >= 15 is 0 Å². The third kappa shape index (κ3) is 2.39. The molecule has 126 valence electrons. The number of fused-ring (bicyclic) bond motifs is 4. The first-order valence-electron chi connectivity index (χ1n) is 7.98. The summed E-state index contributed by atoms with van der Waals surface area (Å²) in [6.07, 6.45) is 1.03. The number of hydrogen-bond acceptors (Lipinski definition) is 6. The highest BCUT2D eigenvalue weighted by Crippen LogP contribution is 2.38. The van der Waals surface area contributed by atoms with Crippen molar-refractivity contribution in [3.63, 3.8) is 0 Å². The van der Waals surface area contributed by atoms with Gasteiger partial charge in [0.2, 0.25) is 0 Å². The van der Waals surface area contributed by atoms with Crippen LogP contribution in [-0.4, -0.2) is 51.5 Å². The fourth-order valence-corrected chi connectivity index (χ4v) is 3.88. The first kappa shape index (κ1) is 14.9. The van der Waals surface area contributed by atoms with Gasteiger partial charge in [-0.25, -0.2) is 9.59 Å². The quantitative estimate of drug-likeness (QED) is 0.633. The normalized spacial score (nSPS) is 25.8. The third-order valence-corrected chi connectivity index (χ3v) is 5.01. The monoisotopic (exact) mass is 330 g/mol. The number of nitrogens with zero attached hydrogens (tertiary/aromatic N) is 3. The number of phenolic OH excluding ortho intramolecular Hbond substituents is 1. The SMILES string of the molecule is NC(=O)OC(=O)c1nn([C@H]2CN3CCC2CC3)c2ccc(O)cc12. The van der Waals surface area contributed by atoms with E-state index in [4.69, 9.17) is 5.73 Å². The molecule has 8 nitrogen and oxygen atoms in total. The molecule has 0 radical (unpaired) electrons. The maximum Gasteiger partial charge on any atom is 0.412 e. The zero-order valence-electron chi connectivity index (χ0n) is 13.0. The van der Waals surface area contributed by atoms with Gasteiger partial charge < -0.3 is 20.5 Å². The number of benzene rings is 1. The maximum atomic E-state index is 12.1. The van der Waals surface area contributed by atoms with E-state index in [9.17, 15) is 14.7 Å². The number of primary amides is 1. The highest BCUT2D eigenvalue weighted by molar-refractivity contribution is 6.05. The fourth-order valence-electron chi connectivity index (χ4n) is 3.88. The summed E-state index contributed by atoms with van der Waals surface area (Å²) in [6, 6.07) is 4.91. The minimum atomic E-state index is -1.18. The van der Waals surface area contributed by atoms with E-state index in [0.29, 0.717) is 11.3 Å². The zero-order chi connectivity index (χ0) is 16.8. The Morgan fingerprint density at radius 3 is 2.67 bits per heavy atom. The standard InChI is InChI=1S/C16H18N4O4/c17-16(23)24-15(22)14-11-7-10(21)1-2-12(11)20(18-14)13-8-19-5-3-9(13)4-6-19/h1-2,7,9,13,21H,3-6,8H2,(H2,17,23)/t13-/m0/s1. The van der Waals surface area contributed by atoms with Gasteiger partial charge in [0.1, 0.15) is 5.75 Å². The Bertz CT molecular complexity index is 823. The van der Waals surface area contributed by atoms with Crippen molar-refractivity contribution in [2.45, 2.75) is 18.9 Å². The topological polar surface area (TPSA) is 111 Å². The Balaban J connectivity index is 1.81. The predicted octanol–water partition coefficient (Wildman–Crippen LogP) is 1.24. The number of rotatable bonds is 2. The molecule has 1 aromatic carbocycles. The largest absolute Gasteiger partial charge is 0.508 e. The zero-order valence-corrected chi connectivity index (χ0v) is 13.0. The fraction of sp³-hybridized carbons (Fsp3) is 0.438. The molecule has 2 bridgehead atoms. The smallest absolute Gasteiger partial charge is 0.412 e. The highest BCUT2D eigenvalue weighted by Gasteiger charge is 2.37. The van der Waals surface area contributed by atoms with Crippen LogP contribution in [0.4, 0.5) is 4.79 Å². The van der Waals surface area contributed by atoms with Gasteiger partial charge in [-0.05, 0) is 50.0 Å². The lowest BCUT2D eigenvalue weighted by molar-refractivity contribution is 0.0518. The molecule has 1 aromatic heterocycles. The molecular formula is C16H18N4O4. The molecule has 3 N–H and O–H groups in total. The Morgan fingerprint density at radius 1 is 1.29 bits per heavy atom. The minimum absolute atomic E-state index is 0.00357. The van der Waals surface area contributed by atoms with Gasteiger partial charge in [0.25, 0.3) is 0 Å². The number of ether oxygens (including phenoxy) is 1. The Labute approximate surface area is 137 Å². The van der Waals surface area contributed by atoms with Crippen LogP contribution >= 0.6 is 0 Å². The van der Waals surface area contributed by atoms with Gasteiger partial charge in [0.15, 0.2) is 5.69 Å². The van der Waals surface area contributed by atoms with Crippen molar-refractivity contribution < 1.29 is 19.4 Å². The van der Waals surface area contributed by atoms with Crippen molar-refractivity contribution in [3.05, 3.63) is 23.9 Å². The van der Waals surface area contributed by atoms with Gasteiger partial charge in [-0.2, -0.15) is 5.10 Å². The molecule has 0 spiro atoms. The molecule has 2 aromatic rings. The van der Waals surface area contributed by atoms with Crippen molar-refractivity contribution in [1.82, 2.24) is 14.7 Å². The summed E-state index contributed by atoms with van der Waals surface area (Å²) in [5.41, 5.74) is 5.67. The molecule has 3 aliphatic rings. The highest BCUT2D eigenvalue weighted by atomic mass is 16.6. The van der Waals surface area contributed by atoms with Crippen LogP contribution in [0.3, 0.4) is 0 Å². The van der Waals surface area contributed by atoms with Crippen LogP contribution < -0.4 is 5.73 Å². The molecule has 0 aliphatic carbocycles. The van der Waals surface area contributed by atoms with Gasteiger partial charge in [0.05, 0.1) is 11.6 Å². The molecule has 1 amide bonds. The van der Waals surface area contributed by atoms with E-state index in [1.807, 2.05) is 4.68 Å². The van der Waals surface area contributed by atoms with Crippen molar-refractivity contribution in [2.75, 3.05) is 19.6 Å². The van der Waals surface area contributed by atoms with Crippen LogP contribution in [0.2, 0.25) is 0 Å². The molecule has 1 atom stereocenters. The van der Waals surface area contributed by atoms with Gasteiger partial charge >= 0.3 is 12.1 Å². The van der Waals surface area contributed by atoms with Crippen molar-refractivity contribution in [1.29, 1.82) is 0 Å². The van der Waals surface area contributed by atoms with Crippen molar-refractivity contribution in [2.24, 2.45) is 11.7 Å². The van der Waals surface area contributed by atoms with Gasteiger partial charge in [-0.3, -0.25) is 4.68 Å². The lowest BCUT2D eigenvalue weighted by Crippen LogP contribution is -2.48. The number of esters is 1. The van der Waals surface area contributed by atoms with Crippen LogP contribution in [-0.2, 0) is 4.74 Å². The summed E-state index contributed by atoms with van der Waals surface area (Å²) in [4.78, 5) is 25.4. The molecule has 5 rings (SSSR count). The molecule has 24 heavy (non-hydrogen) atoms. The van der Waals surface area contributed by atoms with E-state index < -0.39 is 12.1 Å². The van der Waals surface area contributed by atoms with E-state index in [1.165, 1.54) is 6.07 Å². The Hall–Kier alpha value is -2.61. The number of nitrogens with two attached hydrogens (primary N) is 1. The summed E-state index contributed by atoms with van der Waals surface area (Å²) in [6.45, 7) is 3.07. The first-order valence-corrected chi connectivity index (χ1v) is 7.98. The van der Waals surface area contributed by atoms with E-state index in [2.05, 4.69) is 14.7 Å². The van der Waals surface area contributed by atoms with Crippen LogP contribution in [0, 0.1) is 5.92 Å². The second kappa shape index (κ2) is 5.48. The average molecular weight is 330 g/mol. The lowest BCUT2D eigenvalue weighted by atomic mass is 9.84. The summed E-state index contributed by atoms with van der Waals surface area (Å²) in [5.74, 6) is -0.380. The van der Waals surface area contributed by atoms with Crippen LogP contribution in [0.25, 0.3) is 10.9 Å². The minimum Gasteiger partial charge on any atom is -0.508 e. The van der Waals surface area contributed by atoms with Crippen LogP contribution in [0.15, 0.2) is 18.2 Å². The molecule has 3 saturated heterocycles. The van der Waals surface area contributed by atoms with Crippen LogP contribution in [0.5, 0.6) is 5.75 Å². The lowest BCUT2D eigenvalue weighted by Gasteiger charge is -2.44. The molecular weight excluding hydrogens is 312 g/mol. The van der Waals surface area contributed by atoms with Gasteiger partial charge in [-0.15, -0.1) is 0 Å². The number of aromatic hydroxyl groups is 1. The second-order valence-corrected chi connectivity index (χ2v) is 6.41. The Morgan fingerprint density at radius 2 is 2.04 bits per heavy atom. The number of amides is 1. The molecule has 3 fully saturated rings. The van der Waals surface area contributed by atoms with Crippen LogP contribution in [0.1, 0.15) is 29.4 Å². The van der Waals surface area contributed by atoms with Gasteiger partial charge in [0, 0.05) is 11.9 Å². The summed E-state index contributed by atoms with van der Waals surface area (Å²) in [5, 5.41) is 14.6. The average Bonchev–Trinajstić information content (AvgIpc) is 2.94. The number of phenols is 1. The molecule has 0 unspecified atom stereocenters. The number of aromatic nitrogens is 2. The molecule has 3 aliphatic heterocycles. The van der Waals surface area contributed by atoms with Crippen molar-refractivity contribution in [3.8, 4) is 5.75 Å². The summed E-state index contributed by atoms with van der Waals surface area (Å²) < 4.78 is 6.31. The van der Waals surface area contributed by atoms with E-state index in [-0.39, 0.29) is 17.5 Å². The van der Waals surface area contributed by atoms with E-state index in [0.717, 1.165) is 38.0 Å². The second-order valence-electron chi connectivity index (χ2n) is 6.41. The molecule has 8 heteroatoms. The van der Waals surface area contributed by atoms with Crippen molar-refractivity contribution >= 4 is 23.0 Å². The number of piperidine rings is 3. The predicted molar refractivity (Wildman–Crippen MR) is 84.6 cm³/mol. The number of carbonyl (C=O) groups is 2. The number of hydrogen-bond donors (Lipinski definition) is 2. The molecule has 0 saturated carbocycles. The Kier molecular flexibility index (Phi) is 3.42. The van der Waals surface area contributed by atoms with Gasteiger partial charge in [-0.1, -0.05) is 0 Å². The summed E-state index contributed by atoms with van der Waals surface area (Å²) >= 11 is 0. The first-order chi connectivity index (χ1) is 11.5. The third-order valence-electron chi connectivity index (χ3n) is 5.01. The summed E-state index contributed by atoms with van der Waals surface area (Å²) in [7, 11) is 0. The molecule has 4 heterocycles.